The van der Waals surface area contributed by atoms with Crippen molar-refractivity contribution in [3.05, 3.63) is 34.3 Å². The molecule has 0 bridgehead atoms. The van der Waals surface area contributed by atoms with Crippen LogP contribution < -0.4 is 0 Å². The maximum Gasteiger partial charge on any atom is 0.396 e. The molecule has 0 amide bonds. The Bertz CT molecular complexity index is 429. The van der Waals surface area contributed by atoms with Gasteiger partial charge in [0.05, 0.1) is 12.3 Å². The summed E-state index contributed by atoms with van der Waals surface area (Å²) in [6, 6.07) is 3.81. The second kappa shape index (κ2) is 4.96. The van der Waals surface area contributed by atoms with Gasteiger partial charge in [0.1, 0.15) is 0 Å². The Morgan fingerprint density at radius 3 is 2.47 bits per heavy atom. The summed E-state index contributed by atoms with van der Waals surface area (Å²) in [5.74, 6) is -3.49. The summed E-state index contributed by atoms with van der Waals surface area (Å²) in [5.41, 5.74) is 0.408. The van der Waals surface area contributed by atoms with Crippen molar-refractivity contribution in [3.63, 3.8) is 0 Å². The van der Waals surface area contributed by atoms with Crippen molar-refractivity contribution >= 4 is 17.6 Å². The van der Waals surface area contributed by atoms with Crippen molar-refractivity contribution in [3.8, 4) is 0 Å². The summed E-state index contributed by atoms with van der Waals surface area (Å²) in [7, 11) is 0. The molecule has 0 aliphatic rings. The maximum atomic E-state index is 12.7. The predicted octanol–water partition coefficient (Wildman–Crippen LogP) is 3.77. The van der Waals surface area contributed by atoms with E-state index in [0.29, 0.717) is 10.6 Å². The molecular formula is C11H10ClF3O2. The third-order valence-electron chi connectivity index (χ3n) is 2.36. The summed E-state index contributed by atoms with van der Waals surface area (Å²) in [4.78, 5) is 10.5. The molecule has 0 saturated heterocycles. The van der Waals surface area contributed by atoms with Gasteiger partial charge in [0.2, 0.25) is 0 Å². The molecule has 6 heteroatoms. The van der Waals surface area contributed by atoms with Gasteiger partial charge in [-0.1, -0.05) is 23.7 Å². The first-order valence-corrected chi connectivity index (χ1v) is 5.14. The molecule has 0 spiro atoms. The summed E-state index contributed by atoms with van der Waals surface area (Å²) in [5, 5.41) is 8.86. The van der Waals surface area contributed by atoms with E-state index in [1.165, 1.54) is 18.2 Å². The number of aliphatic carboxylic acids is 1. The monoisotopic (exact) mass is 266 g/mol. The molecule has 0 radical (unpaired) electrons. The van der Waals surface area contributed by atoms with Gasteiger partial charge in [0.15, 0.2) is 0 Å². The Hall–Kier alpha value is -1.23. The standard InChI is InChI=1S/C11H10ClF3O2/c1-6-4-7(2-3-9(6)12)8(5-10(16)17)11(13,14)15/h2-4,8H,5H2,1H3,(H,16,17). The van der Waals surface area contributed by atoms with E-state index in [-0.39, 0.29) is 5.56 Å². The molecule has 1 aromatic rings. The highest BCUT2D eigenvalue weighted by Crippen LogP contribution is 2.38. The number of hydrogen-bond acceptors (Lipinski definition) is 1. The molecule has 0 saturated carbocycles. The van der Waals surface area contributed by atoms with Crippen LogP contribution in [0.15, 0.2) is 18.2 Å². The van der Waals surface area contributed by atoms with Crippen molar-refractivity contribution in [2.45, 2.75) is 25.4 Å². The first-order valence-electron chi connectivity index (χ1n) is 4.76. The van der Waals surface area contributed by atoms with Gasteiger partial charge in [0.25, 0.3) is 0 Å². The average molecular weight is 267 g/mol. The summed E-state index contributed by atoms with van der Waals surface area (Å²) >= 11 is 5.71. The van der Waals surface area contributed by atoms with E-state index in [4.69, 9.17) is 16.7 Å². The third-order valence-corrected chi connectivity index (χ3v) is 2.78. The Morgan fingerprint density at radius 1 is 1.47 bits per heavy atom. The fourth-order valence-corrected chi connectivity index (χ4v) is 1.60. The van der Waals surface area contributed by atoms with Crippen molar-refractivity contribution in [2.75, 3.05) is 0 Å². The maximum absolute atomic E-state index is 12.7. The normalized spacial score (nSPS) is 13.5. The molecule has 1 aromatic carbocycles. The number of aryl methyl sites for hydroxylation is 1. The largest absolute Gasteiger partial charge is 0.481 e. The summed E-state index contributed by atoms with van der Waals surface area (Å²) < 4.78 is 38.1. The van der Waals surface area contributed by atoms with E-state index in [0.717, 1.165) is 0 Å². The van der Waals surface area contributed by atoms with Gasteiger partial charge >= 0.3 is 12.1 Å². The average Bonchev–Trinajstić information content (AvgIpc) is 2.17. The van der Waals surface area contributed by atoms with Crippen LogP contribution in [0.2, 0.25) is 5.02 Å². The van der Waals surface area contributed by atoms with Crippen molar-refractivity contribution < 1.29 is 23.1 Å². The topological polar surface area (TPSA) is 37.3 Å². The Labute approximate surface area is 101 Å². The lowest BCUT2D eigenvalue weighted by Gasteiger charge is -2.19. The molecule has 1 atom stereocenters. The van der Waals surface area contributed by atoms with Crippen LogP contribution >= 0.6 is 11.6 Å². The van der Waals surface area contributed by atoms with Gasteiger partial charge < -0.3 is 5.11 Å². The molecule has 0 heterocycles. The zero-order valence-electron chi connectivity index (χ0n) is 8.88. The molecule has 1 unspecified atom stereocenters. The molecule has 1 N–H and O–H groups in total. The van der Waals surface area contributed by atoms with Crippen LogP contribution in [0.3, 0.4) is 0 Å². The van der Waals surface area contributed by atoms with E-state index in [1.807, 2.05) is 0 Å². The van der Waals surface area contributed by atoms with Crippen LogP contribution in [0.25, 0.3) is 0 Å². The lowest BCUT2D eigenvalue weighted by atomic mass is 9.94. The molecule has 2 nitrogen and oxygen atoms in total. The van der Waals surface area contributed by atoms with Crippen molar-refractivity contribution in [1.29, 1.82) is 0 Å². The Morgan fingerprint density at radius 2 is 2.06 bits per heavy atom. The number of hydrogen-bond donors (Lipinski definition) is 1. The van der Waals surface area contributed by atoms with E-state index in [1.54, 1.807) is 6.92 Å². The van der Waals surface area contributed by atoms with Gasteiger partial charge in [-0.3, -0.25) is 4.79 Å². The van der Waals surface area contributed by atoms with Crippen LogP contribution in [0.4, 0.5) is 13.2 Å². The first kappa shape index (κ1) is 13.8. The number of carboxylic acids is 1. The highest BCUT2D eigenvalue weighted by molar-refractivity contribution is 6.31. The SMILES string of the molecule is Cc1cc(C(CC(=O)O)C(F)(F)F)ccc1Cl. The molecule has 1 rings (SSSR count). The van der Waals surface area contributed by atoms with Crippen molar-refractivity contribution in [2.24, 2.45) is 0 Å². The smallest absolute Gasteiger partial charge is 0.396 e. The van der Waals surface area contributed by atoms with Crippen LogP contribution in [0.5, 0.6) is 0 Å². The second-order valence-corrected chi connectivity index (χ2v) is 4.11. The number of halogens is 4. The molecule has 0 aliphatic heterocycles. The van der Waals surface area contributed by atoms with Crippen molar-refractivity contribution in [1.82, 2.24) is 0 Å². The van der Waals surface area contributed by atoms with E-state index < -0.39 is 24.5 Å². The predicted molar refractivity (Wildman–Crippen MR) is 57.2 cm³/mol. The minimum absolute atomic E-state index is 0.0817. The number of benzene rings is 1. The van der Waals surface area contributed by atoms with Crippen LogP contribution in [0, 0.1) is 6.92 Å². The number of alkyl halides is 3. The van der Waals surface area contributed by atoms with E-state index in [9.17, 15) is 18.0 Å². The van der Waals surface area contributed by atoms with E-state index >= 15 is 0 Å². The molecule has 0 aliphatic carbocycles. The zero-order chi connectivity index (χ0) is 13.2. The fourth-order valence-electron chi connectivity index (χ4n) is 1.48. The molecule has 94 valence electrons. The van der Waals surface area contributed by atoms with Gasteiger partial charge in [-0.05, 0) is 24.1 Å². The summed E-state index contributed by atoms with van der Waals surface area (Å²) in [6.07, 6.45) is -5.57. The third kappa shape index (κ3) is 3.63. The van der Waals surface area contributed by atoms with Gasteiger partial charge in [-0.2, -0.15) is 13.2 Å². The highest BCUT2D eigenvalue weighted by atomic mass is 35.5. The van der Waals surface area contributed by atoms with Crippen LogP contribution in [-0.4, -0.2) is 17.3 Å². The lowest BCUT2D eigenvalue weighted by molar-refractivity contribution is -0.163. The van der Waals surface area contributed by atoms with E-state index in [2.05, 4.69) is 0 Å². The van der Waals surface area contributed by atoms with Crippen LogP contribution in [0.1, 0.15) is 23.5 Å². The first-order chi connectivity index (χ1) is 7.71. The second-order valence-electron chi connectivity index (χ2n) is 3.70. The van der Waals surface area contributed by atoms with Gasteiger partial charge in [-0.15, -0.1) is 0 Å². The zero-order valence-corrected chi connectivity index (χ0v) is 9.64. The minimum Gasteiger partial charge on any atom is -0.481 e. The number of carboxylic acid groups (broad SMARTS) is 1. The quantitative estimate of drug-likeness (QED) is 0.904. The fraction of sp³-hybridized carbons (Fsp3) is 0.364. The number of rotatable bonds is 3. The lowest BCUT2D eigenvalue weighted by Crippen LogP contribution is -2.23. The minimum atomic E-state index is -4.58. The Balaban J connectivity index is 3.13. The van der Waals surface area contributed by atoms with Gasteiger partial charge in [0, 0.05) is 5.02 Å². The van der Waals surface area contributed by atoms with Crippen LogP contribution in [-0.2, 0) is 4.79 Å². The highest BCUT2D eigenvalue weighted by Gasteiger charge is 2.42. The summed E-state index contributed by atoms with van der Waals surface area (Å²) in [6.45, 7) is 1.57. The Kier molecular flexibility index (Phi) is 4.03. The molecule has 17 heavy (non-hydrogen) atoms. The molecule has 0 fully saturated rings. The molecule has 0 aromatic heterocycles. The van der Waals surface area contributed by atoms with Gasteiger partial charge in [-0.25, -0.2) is 0 Å². The number of carbonyl (C=O) groups is 1. The molecular weight excluding hydrogens is 257 g/mol.